The monoisotopic (exact) mass is 196 g/mol. The lowest BCUT2D eigenvalue weighted by molar-refractivity contribution is -0.138. The largest absolute Gasteiger partial charge is 0.481 e. The zero-order chi connectivity index (χ0) is 9.84. The molecule has 1 heterocycles. The predicted octanol–water partition coefficient (Wildman–Crippen LogP) is 2.88. The molecule has 0 aliphatic carbocycles. The van der Waals surface area contributed by atoms with Crippen LogP contribution < -0.4 is 0 Å². The maximum Gasteiger partial charge on any atom is 0.312 e. The van der Waals surface area contributed by atoms with Crippen LogP contribution in [0.1, 0.15) is 24.1 Å². The van der Waals surface area contributed by atoms with Gasteiger partial charge >= 0.3 is 5.97 Å². The molecule has 0 amide bonds. The molecule has 0 saturated carbocycles. The van der Waals surface area contributed by atoms with Crippen molar-refractivity contribution < 1.29 is 9.90 Å². The van der Waals surface area contributed by atoms with Crippen LogP contribution in [0.3, 0.4) is 0 Å². The number of aliphatic carboxylic acids is 1. The fourth-order valence-electron chi connectivity index (χ4n) is 1.15. The van der Waals surface area contributed by atoms with E-state index in [1.165, 1.54) is 11.3 Å². The third-order valence-corrected chi connectivity index (χ3v) is 2.72. The van der Waals surface area contributed by atoms with E-state index in [-0.39, 0.29) is 0 Å². The second-order valence-corrected chi connectivity index (χ2v) is 4.05. The summed E-state index contributed by atoms with van der Waals surface area (Å²) in [6, 6.07) is 3.72. The van der Waals surface area contributed by atoms with E-state index >= 15 is 0 Å². The van der Waals surface area contributed by atoms with Crippen molar-refractivity contribution in [2.24, 2.45) is 0 Å². The Balaban J connectivity index is 2.81. The van der Waals surface area contributed by atoms with Crippen molar-refractivity contribution in [2.75, 3.05) is 0 Å². The van der Waals surface area contributed by atoms with Crippen molar-refractivity contribution in [2.45, 2.75) is 19.3 Å². The van der Waals surface area contributed by atoms with Crippen LogP contribution in [0.4, 0.5) is 0 Å². The second-order valence-electron chi connectivity index (χ2n) is 3.07. The van der Waals surface area contributed by atoms with Crippen LogP contribution in [-0.4, -0.2) is 11.1 Å². The van der Waals surface area contributed by atoms with E-state index in [0.717, 1.165) is 10.5 Å². The zero-order valence-corrected chi connectivity index (χ0v) is 8.30. The maximum atomic E-state index is 10.9. The fraction of sp³-hybridized carbons (Fsp3) is 0.300. The molecule has 1 rings (SSSR count). The number of hydrogen-bond acceptors (Lipinski definition) is 2. The molecule has 0 radical (unpaired) electrons. The van der Waals surface area contributed by atoms with Crippen LogP contribution in [0.15, 0.2) is 29.7 Å². The standard InChI is InChI=1S/C10H12O2S/c1-7(2)6-8(10(11)12)9-4-3-5-13-9/h3-5,8H,1,6H2,2H3,(H,11,12). The maximum absolute atomic E-state index is 10.9. The van der Waals surface area contributed by atoms with Crippen LogP contribution in [0.5, 0.6) is 0 Å². The van der Waals surface area contributed by atoms with Gasteiger partial charge < -0.3 is 5.11 Å². The van der Waals surface area contributed by atoms with Crippen molar-refractivity contribution in [1.82, 2.24) is 0 Å². The summed E-state index contributed by atoms with van der Waals surface area (Å²) in [6.45, 7) is 5.58. The minimum atomic E-state index is -0.773. The molecule has 1 unspecified atom stereocenters. The first-order chi connectivity index (χ1) is 6.11. The smallest absolute Gasteiger partial charge is 0.312 e. The van der Waals surface area contributed by atoms with Crippen LogP contribution in [-0.2, 0) is 4.79 Å². The number of rotatable bonds is 4. The Morgan fingerprint density at radius 3 is 2.85 bits per heavy atom. The van der Waals surface area contributed by atoms with Crippen LogP contribution in [0.2, 0.25) is 0 Å². The Morgan fingerprint density at radius 1 is 1.77 bits per heavy atom. The highest BCUT2D eigenvalue weighted by atomic mass is 32.1. The number of carboxylic acid groups (broad SMARTS) is 1. The zero-order valence-electron chi connectivity index (χ0n) is 7.49. The van der Waals surface area contributed by atoms with Gasteiger partial charge in [-0.15, -0.1) is 17.9 Å². The predicted molar refractivity (Wildman–Crippen MR) is 54.1 cm³/mol. The van der Waals surface area contributed by atoms with E-state index in [1.54, 1.807) is 0 Å². The average molecular weight is 196 g/mol. The van der Waals surface area contributed by atoms with Gasteiger partial charge in [0.2, 0.25) is 0 Å². The van der Waals surface area contributed by atoms with Crippen molar-refractivity contribution in [3.05, 3.63) is 34.5 Å². The molecule has 0 aromatic carbocycles. The van der Waals surface area contributed by atoms with Gasteiger partial charge in [-0.1, -0.05) is 11.6 Å². The molecule has 2 nitrogen and oxygen atoms in total. The number of carboxylic acids is 1. The molecule has 13 heavy (non-hydrogen) atoms. The summed E-state index contributed by atoms with van der Waals surface area (Å²) in [7, 11) is 0. The Bertz CT molecular complexity index is 301. The van der Waals surface area contributed by atoms with Crippen molar-refractivity contribution in [3.8, 4) is 0 Å². The number of carbonyl (C=O) groups is 1. The van der Waals surface area contributed by atoms with E-state index in [9.17, 15) is 4.79 Å². The quantitative estimate of drug-likeness (QED) is 0.752. The average Bonchev–Trinajstić information content (AvgIpc) is 2.50. The molecule has 70 valence electrons. The minimum Gasteiger partial charge on any atom is -0.481 e. The molecule has 0 aliphatic heterocycles. The summed E-state index contributed by atoms with van der Waals surface area (Å²) in [5, 5.41) is 10.9. The first-order valence-electron chi connectivity index (χ1n) is 4.02. The normalized spacial score (nSPS) is 12.4. The van der Waals surface area contributed by atoms with Crippen molar-refractivity contribution >= 4 is 17.3 Å². The first kappa shape index (κ1) is 9.99. The minimum absolute atomic E-state index is 0.419. The summed E-state index contributed by atoms with van der Waals surface area (Å²) < 4.78 is 0. The Hall–Kier alpha value is -1.09. The molecule has 1 aromatic rings. The molecule has 1 atom stereocenters. The number of thiophene rings is 1. The molecule has 0 spiro atoms. The molecule has 1 N–H and O–H groups in total. The van der Waals surface area contributed by atoms with Crippen LogP contribution >= 0.6 is 11.3 Å². The summed E-state index contributed by atoms with van der Waals surface area (Å²) in [5.74, 6) is -1.19. The molecule has 0 fully saturated rings. The second kappa shape index (κ2) is 4.23. The summed E-state index contributed by atoms with van der Waals surface area (Å²) in [4.78, 5) is 11.8. The highest BCUT2D eigenvalue weighted by molar-refractivity contribution is 7.10. The van der Waals surface area contributed by atoms with Crippen molar-refractivity contribution in [3.63, 3.8) is 0 Å². The molecule has 0 saturated heterocycles. The van der Waals surface area contributed by atoms with Gasteiger partial charge in [-0.3, -0.25) is 4.79 Å². The Labute approximate surface area is 81.5 Å². The highest BCUT2D eigenvalue weighted by Crippen LogP contribution is 2.26. The van der Waals surface area contributed by atoms with E-state index in [2.05, 4.69) is 6.58 Å². The molecule has 0 aliphatic rings. The van der Waals surface area contributed by atoms with Gasteiger partial charge in [0.25, 0.3) is 0 Å². The van der Waals surface area contributed by atoms with E-state index in [4.69, 9.17) is 5.11 Å². The van der Waals surface area contributed by atoms with Crippen molar-refractivity contribution in [1.29, 1.82) is 0 Å². The summed E-state index contributed by atoms with van der Waals surface area (Å²) in [5.41, 5.74) is 0.904. The van der Waals surface area contributed by atoms with Crippen LogP contribution in [0.25, 0.3) is 0 Å². The number of hydrogen-bond donors (Lipinski definition) is 1. The third kappa shape index (κ3) is 2.70. The van der Waals surface area contributed by atoms with Gasteiger partial charge in [0, 0.05) is 4.88 Å². The fourth-order valence-corrected chi connectivity index (χ4v) is 1.97. The SMILES string of the molecule is C=C(C)CC(C(=O)O)c1cccs1. The van der Waals surface area contributed by atoms with Gasteiger partial charge in [-0.05, 0) is 24.8 Å². The van der Waals surface area contributed by atoms with Gasteiger partial charge in [0.05, 0.1) is 5.92 Å². The molecule has 3 heteroatoms. The Morgan fingerprint density at radius 2 is 2.46 bits per heavy atom. The van der Waals surface area contributed by atoms with E-state index < -0.39 is 11.9 Å². The van der Waals surface area contributed by atoms with Gasteiger partial charge in [-0.25, -0.2) is 0 Å². The molecule has 0 bridgehead atoms. The third-order valence-electron chi connectivity index (χ3n) is 1.74. The Kier molecular flexibility index (Phi) is 3.25. The van der Waals surface area contributed by atoms with Gasteiger partial charge in [-0.2, -0.15) is 0 Å². The summed E-state index contributed by atoms with van der Waals surface area (Å²) in [6.07, 6.45) is 0.524. The first-order valence-corrected chi connectivity index (χ1v) is 4.90. The van der Waals surface area contributed by atoms with Gasteiger partial charge in [0.15, 0.2) is 0 Å². The number of allylic oxidation sites excluding steroid dienone is 1. The van der Waals surface area contributed by atoms with Crippen LogP contribution in [0, 0.1) is 0 Å². The lowest BCUT2D eigenvalue weighted by atomic mass is 10.00. The van der Waals surface area contributed by atoms with E-state index in [1.807, 2.05) is 24.4 Å². The molecular weight excluding hydrogens is 184 g/mol. The van der Waals surface area contributed by atoms with E-state index in [0.29, 0.717) is 6.42 Å². The molecular formula is C10H12O2S. The summed E-state index contributed by atoms with van der Waals surface area (Å²) >= 11 is 1.48. The lowest BCUT2D eigenvalue weighted by Crippen LogP contribution is -2.10. The van der Waals surface area contributed by atoms with Gasteiger partial charge in [0.1, 0.15) is 0 Å². The molecule has 1 aromatic heterocycles. The highest BCUT2D eigenvalue weighted by Gasteiger charge is 2.20. The topological polar surface area (TPSA) is 37.3 Å². The lowest BCUT2D eigenvalue weighted by Gasteiger charge is -2.09.